The van der Waals surface area contributed by atoms with Crippen LogP contribution in [-0.2, 0) is 13.3 Å². The molecule has 0 N–H and O–H groups in total. The summed E-state index contributed by atoms with van der Waals surface area (Å²) in [5.41, 5.74) is -0.0810. The molecule has 0 aliphatic rings. The second kappa shape index (κ2) is 3.42. The summed E-state index contributed by atoms with van der Waals surface area (Å²) < 4.78 is 36.7. The van der Waals surface area contributed by atoms with Crippen molar-refractivity contribution < 1.29 is 13.2 Å². The first-order valence-corrected chi connectivity index (χ1v) is 3.17. The number of hydrogen-bond donors (Lipinski definition) is 0. The maximum absolute atomic E-state index is 12.6. The highest BCUT2D eigenvalue weighted by Crippen LogP contribution is 2.15. The third kappa shape index (κ3) is 1.53. The molecule has 60 valence electrons. The van der Waals surface area contributed by atoms with Crippen molar-refractivity contribution in [3.8, 4) is 0 Å². The summed E-state index contributed by atoms with van der Waals surface area (Å²) in [6, 6.07) is 3.86. The van der Waals surface area contributed by atoms with Gasteiger partial charge in [-0.25, -0.2) is 13.2 Å². The highest BCUT2D eigenvalue weighted by molar-refractivity contribution is 5.27. The van der Waals surface area contributed by atoms with Crippen LogP contribution in [0.4, 0.5) is 13.2 Å². The van der Waals surface area contributed by atoms with E-state index in [9.17, 15) is 13.2 Å². The molecular formula is C8H7F3. The summed E-state index contributed by atoms with van der Waals surface area (Å²) in [6.07, 6.45) is 0. The van der Waals surface area contributed by atoms with Crippen LogP contribution in [0.15, 0.2) is 18.2 Å². The zero-order valence-electron chi connectivity index (χ0n) is 5.78. The average molecular weight is 160 g/mol. The molecule has 1 aromatic rings. The van der Waals surface area contributed by atoms with Crippen LogP contribution in [0.5, 0.6) is 0 Å². The van der Waals surface area contributed by atoms with Crippen molar-refractivity contribution in [3.63, 3.8) is 0 Å². The molecule has 1 aromatic carbocycles. The molecule has 0 spiro atoms. The Hall–Kier alpha value is -0.990. The molecule has 0 aromatic heterocycles. The van der Waals surface area contributed by atoms with Crippen LogP contribution in [0.25, 0.3) is 0 Å². The van der Waals surface area contributed by atoms with Gasteiger partial charge in [0.15, 0.2) is 0 Å². The molecule has 0 bridgehead atoms. The minimum atomic E-state index is -0.952. The zero-order chi connectivity index (χ0) is 8.27. The van der Waals surface area contributed by atoms with Crippen LogP contribution in [0.3, 0.4) is 0 Å². The second-order valence-corrected chi connectivity index (χ2v) is 2.14. The molecule has 0 fully saturated rings. The Labute approximate surface area is 62.7 Å². The highest BCUT2D eigenvalue weighted by atomic mass is 19.1. The molecule has 0 saturated carbocycles. The predicted octanol–water partition coefficient (Wildman–Crippen LogP) is 2.76. The van der Waals surface area contributed by atoms with Gasteiger partial charge in [0, 0.05) is 5.56 Å². The number of hydrogen-bond acceptors (Lipinski definition) is 0. The Balaban J connectivity index is 3.13. The Morgan fingerprint density at radius 2 is 1.82 bits per heavy atom. The lowest BCUT2D eigenvalue weighted by molar-refractivity contribution is 0.438. The normalized spacial score (nSPS) is 10.1. The van der Waals surface area contributed by atoms with Crippen LogP contribution < -0.4 is 0 Å². The number of rotatable bonds is 2. The summed E-state index contributed by atoms with van der Waals surface area (Å²) in [4.78, 5) is 0. The summed E-state index contributed by atoms with van der Waals surface area (Å²) >= 11 is 0. The molecule has 0 amide bonds. The number of halogens is 3. The Kier molecular flexibility index (Phi) is 2.52. The monoisotopic (exact) mass is 160 g/mol. The minimum Gasteiger partial charge on any atom is -0.246 e. The first kappa shape index (κ1) is 8.11. The van der Waals surface area contributed by atoms with E-state index in [-0.39, 0.29) is 11.1 Å². The van der Waals surface area contributed by atoms with Crippen LogP contribution in [-0.4, -0.2) is 0 Å². The first-order valence-electron chi connectivity index (χ1n) is 3.17. The summed E-state index contributed by atoms with van der Waals surface area (Å²) in [7, 11) is 0. The van der Waals surface area contributed by atoms with Gasteiger partial charge >= 0.3 is 0 Å². The maximum Gasteiger partial charge on any atom is 0.129 e. The molecule has 0 aliphatic carbocycles. The molecule has 0 radical (unpaired) electrons. The van der Waals surface area contributed by atoms with Crippen molar-refractivity contribution in [2.24, 2.45) is 0 Å². The summed E-state index contributed by atoms with van der Waals surface area (Å²) in [5.74, 6) is -0.678. The van der Waals surface area contributed by atoms with Crippen LogP contribution in [0, 0.1) is 5.82 Å². The molecular weight excluding hydrogens is 153 g/mol. The van der Waals surface area contributed by atoms with Crippen LogP contribution >= 0.6 is 0 Å². The van der Waals surface area contributed by atoms with Gasteiger partial charge in [-0.05, 0) is 11.6 Å². The lowest BCUT2D eigenvalue weighted by Gasteiger charge is -2.01. The van der Waals surface area contributed by atoms with Crippen molar-refractivity contribution in [3.05, 3.63) is 35.1 Å². The van der Waals surface area contributed by atoms with E-state index in [1.807, 2.05) is 0 Å². The van der Waals surface area contributed by atoms with Gasteiger partial charge in [0.05, 0.1) is 0 Å². The Morgan fingerprint density at radius 3 is 2.27 bits per heavy atom. The van der Waals surface area contributed by atoms with E-state index in [0.717, 1.165) is 6.07 Å². The van der Waals surface area contributed by atoms with Gasteiger partial charge < -0.3 is 0 Å². The maximum atomic E-state index is 12.6. The van der Waals surface area contributed by atoms with E-state index < -0.39 is 19.2 Å². The highest BCUT2D eigenvalue weighted by Gasteiger charge is 2.06. The van der Waals surface area contributed by atoms with Crippen molar-refractivity contribution in [2.75, 3.05) is 0 Å². The van der Waals surface area contributed by atoms with E-state index in [0.29, 0.717) is 0 Å². The van der Waals surface area contributed by atoms with E-state index >= 15 is 0 Å². The zero-order valence-corrected chi connectivity index (χ0v) is 5.78. The molecule has 0 saturated heterocycles. The van der Waals surface area contributed by atoms with Crippen LogP contribution in [0.2, 0.25) is 0 Å². The molecule has 0 nitrogen and oxygen atoms in total. The molecule has 0 unspecified atom stereocenters. The van der Waals surface area contributed by atoms with Crippen molar-refractivity contribution >= 4 is 0 Å². The van der Waals surface area contributed by atoms with E-state index in [1.54, 1.807) is 0 Å². The standard InChI is InChI=1S/C8H7F3/c9-4-6-2-1-3-8(11)7(6)5-10/h1-3H,4-5H2. The predicted molar refractivity (Wildman–Crippen MR) is 36.0 cm³/mol. The van der Waals surface area contributed by atoms with E-state index in [2.05, 4.69) is 0 Å². The summed E-state index contributed by atoms with van der Waals surface area (Å²) in [6.45, 7) is -1.77. The fraction of sp³-hybridized carbons (Fsp3) is 0.250. The SMILES string of the molecule is FCc1cccc(F)c1CF. The molecule has 0 aliphatic heterocycles. The minimum absolute atomic E-state index is 0.0903. The Bertz CT molecular complexity index is 245. The van der Waals surface area contributed by atoms with Gasteiger partial charge in [-0.1, -0.05) is 12.1 Å². The molecule has 11 heavy (non-hydrogen) atoms. The largest absolute Gasteiger partial charge is 0.246 e. The Morgan fingerprint density at radius 1 is 1.09 bits per heavy atom. The van der Waals surface area contributed by atoms with E-state index in [1.165, 1.54) is 12.1 Å². The fourth-order valence-corrected chi connectivity index (χ4v) is 0.878. The molecule has 1 rings (SSSR count). The van der Waals surface area contributed by atoms with Crippen molar-refractivity contribution in [2.45, 2.75) is 13.3 Å². The van der Waals surface area contributed by atoms with Crippen LogP contribution in [0.1, 0.15) is 11.1 Å². The lowest BCUT2D eigenvalue weighted by atomic mass is 10.1. The topological polar surface area (TPSA) is 0 Å². The van der Waals surface area contributed by atoms with Crippen molar-refractivity contribution in [1.29, 1.82) is 0 Å². The molecule has 0 atom stereocenters. The van der Waals surface area contributed by atoms with Crippen molar-refractivity contribution in [1.82, 2.24) is 0 Å². The van der Waals surface area contributed by atoms with Gasteiger partial charge in [0.25, 0.3) is 0 Å². The quantitative estimate of drug-likeness (QED) is 0.624. The lowest BCUT2D eigenvalue weighted by Crippen LogP contribution is -1.93. The average Bonchev–Trinajstić information content (AvgIpc) is 2.04. The van der Waals surface area contributed by atoms with E-state index in [4.69, 9.17) is 0 Å². The smallest absolute Gasteiger partial charge is 0.129 e. The number of benzene rings is 1. The third-order valence-electron chi connectivity index (χ3n) is 1.49. The van der Waals surface area contributed by atoms with Gasteiger partial charge in [0.2, 0.25) is 0 Å². The van der Waals surface area contributed by atoms with Gasteiger partial charge in [0.1, 0.15) is 19.2 Å². The van der Waals surface area contributed by atoms with Gasteiger partial charge in [-0.15, -0.1) is 0 Å². The summed E-state index contributed by atoms with van der Waals surface area (Å²) in [5, 5.41) is 0. The van der Waals surface area contributed by atoms with Gasteiger partial charge in [-0.2, -0.15) is 0 Å². The third-order valence-corrected chi connectivity index (χ3v) is 1.49. The van der Waals surface area contributed by atoms with Gasteiger partial charge in [-0.3, -0.25) is 0 Å². The number of alkyl halides is 2. The molecule has 0 heterocycles. The molecule has 3 heteroatoms. The second-order valence-electron chi connectivity index (χ2n) is 2.14. The first-order chi connectivity index (χ1) is 5.29. The fourth-order valence-electron chi connectivity index (χ4n) is 0.878.